The quantitative estimate of drug-likeness (QED) is 0.783. The monoisotopic (exact) mass is 225 g/mol. The lowest BCUT2D eigenvalue weighted by Gasteiger charge is -2.20. The minimum Gasteiger partial charge on any atom is -0.485 e. The van der Waals surface area contributed by atoms with Gasteiger partial charge >= 0.3 is 0 Å². The highest BCUT2D eigenvalue weighted by molar-refractivity contribution is 5.99. The Morgan fingerprint density at radius 2 is 2.00 bits per heavy atom. The van der Waals surface area contributed by atoms with Crippen molar-refractivity contribution in [2.24, 2.45) is 5.73 Å². The molecule has 0 aromatic heterocycles. The molecular formula is C11H12FNO3. The fraction of sp³-hybridized carbons (Fsp3) is 0.364. The molecule has 1 aromatic rings. The molecule has 0 saturated heterocycles. The molecule has 0 atom stereocenters. The summed E-state index contributed by atoms with van der Waals surface area (Å²) < 4.78 is 23.8. The van der Waals surface area contributed by atoms with Crippen LogP contribution in [0.15, 0.2) is 12.1 Å². The first-order valence-electron chi connectivity index (χ1n) is 5.05. The molecule has 1 heterocycles. The fourth-order valence-electron chi connectivity index (χ4n) is 1.59. The second kappa shape index (κ2) is 4.49. The lowest BCUT2D eigenvalue weighted by molar-refractivity contribution is 0.0973. The summed E-state index contributed by atoms with van der Waals surface area (Å²) in [5, 5.41) is 0. The Hall–Kier alpha value is -1.62. The molecule has 2 N–H and O–H groups in total. The number of benzene rings is 1. The van der Waals surface area contributed by atoms with Crippen molar-refractivity contribution in [3.8, 4) is 11.5 Å². The number of halogens is 1. The zero-order chi connectivity index (χ0) is 11.5. The summed E-state index contributed by atoms with van der Waals surface area (Å²) >= 11 is 0. The summed E-state index contributed by atoms with van der Waals surface area (Å²) in [4.78, 5) is 11.7. The molecule has 5 heteroatoms. The zero-order valence-corrected chi connectivity index (χ0v) is 8.66. The van der Waals surface area contributed by atoms with E-state index in [2.05, 4.69) is 0 Å². The standard InChI is InChI=1S/C11H12FNO3/c12-8-2-1-7(9(14)3-4-13)10-11(8)16-6-5-15-10/h1-2H,3-6,13H2. The van der Waals surface area contributed by atoms with Gasteiger partial charge < -0.3 is 15.2 Å². The summed E-state index contributed by atoms with van der Waals surface area (Å²) in [5.74, 6) is -0.456. The van der Waals surface area contributed by atoms with Gasteiger partial charge in [-0.25, -0.2) is 4.39 Å². The van der Waals surface area contributed by atoms with Gasteiger partial charge in [0.25, 0.3) is 0 Å². The van der Waals surface area contributed by atoms with Gasteiger partial charge in [0, 0.05) is 6.42 Å². The average molecular weight is 225 g/mol. The van der Waals surface area contributed by atoms with Crippen molar-refractivity contribution in [2.45, 2.75) is 6.42 Å². The smallest absolute Gasteiger partial charge is 0.197 e. The molecule has 1 aromatic carbocycles. The number of hydrogen-bond acceptors (Lipinski definition) is 4. The molecule has 0 radical (unpaired) electrons. The van der Waals surface area contributed by atoms with Crippen molar-refractivity contribution in [3.05, 3.63) is 23.5 Å². The molecule has 86 valence electrons. The third-order valence-corrected chi connectivity index (χ3v) is 2.31. The molecule has 1 aliphatic rings. The number of carbonyl (C=O) groups is 1. The van der Waals surface area contributed by atoms with Crippen LogP contribution in [0.3, 0.4) is 0 Å². The summed E-state index contributed by atoms with van der Waals surface area (Å²) in [6, 6.07) is 2.61. The number of fused-ring (bicyclic) bond motifs is 1. The van der Waals surface area contributed by atoms with E-state index in [-0.39, 0.29) is 30.2 Å². The summed E-state index contributed by atoms with van der Waals surface area (Å²) in [6.45, 7) is 0.865. The van der Waals surface area contributed by atoms with Gasteiger partial charge in [-0.3, -0.25) is 4.79 Å². The van der Waals surface area contributed by atoms with Gasteiger partial charge in [0.15, 0.2) is 23.1 Å². The molecule has 0 aliphatic carbocycles. The van der Waals surface area contributed by atoms with Crippen LogP contribution in [0.5, 0.6) is 11.5 Å². The number of Topliss-reactive ketones (excluding diaryl/α,β-unsaturated/α-hetero) is 1. The summed E-state index contributed by atoms with van der Waals surface area (Å²) in [5.41, 5.74) is 5.64. The van der Waals surface area contributed by atoms with Crippen LogP contribution in [0.1, 0.15) is 16.8 Å². The number of rotatable bonds is 3. The molecule has 0 spiro atoms. The van der Waals surface area contributed by atoms with Gasteiger partial charge in [0.2, 0.25) is 0 Å². The summed E-state index contributed by atoms with van der Waals surface area (Å²) in [7, 11) is 0. The molecule has 2 rings (SSSR count). The normalized spacial score (nSPS) is 13.6. The fourth-order valence-corrected chi connectivity index (χ4v) is 1.59. The van der Waals surface area contributed by atoms with E-state index < -0.39 is 5.82 Å². The predicted octanol–water partition coefficient (Wildman–Crippen LogP) is 1.13. The van der Waals surface area contributed by atoms with Gasteiger partial charge in [0.05, 0.1) is 5.56 Å². The van der Waals surface area contributed by atoms with E-state index in [1.54, 1.807) is 0 Å². The molecular weight excluding hydrogens is 213 g/mol. The first-order valence-corrected chi connectivity index (χ1v) is 5.05. The molecule has 0 bridgehead atoms. The van der Waals surface area contributed by atoms with Crippen LogP contribution in [-0.4, -0.2) is 25.5 Å². The molecule has 0 saturated carbocycles. The maximum absolute atomic E-state index is 13.4. The predicted molar refractivity (Wildman–Crippen MR) is 55.4 cm³/mol. The Bertz CT molecular complexity index is 420. The van der Waals surface area contributed by atoms with E-state index in [0.717, 1.165) is 0 Å². The van der Waals surface area contributed by atoms with Gasteiger partial charge in [0.1, 0.15) is 13.2 Å². The third kappa shape index (κ3) is 1.86. The Kier molecular flexibility index (Phi) is 3.05. The number of carbonyl (C=O) groups excluding carboxylic acids is 1. The average Bonchev–Trinajstić information content (AvgIpc) is 2.30. The van der Waals surface area contributed by atoms with Crippen molar-refractivity contribution in [1.82, 2.24) is 0 Å². The Morgan fingerprint density at radius 1 is 1.31 bits per heavy atom. The second-order valence-corrected chi connectivity index (χ2v) is 3.41. The van der Waals surface area contributed by atoms with Gasteiger partial charge in [-0.05, 0) is 18.7 Å². The number of ether oxygens (including phenoxy) is 2. The van der Waals surface area contributed by atoms with Crippen molar-refractivity contribution >= 4 is 5.78 Å². The first kappa shape index (κ1) is 10.9. The molecule has 0 amide bonds. The van der Waals surface area contributed by atoms with Crippen molar-refractivity contribution in [1.29, 1.82) is 0 Å². The van der Waals surface area contributed by atoms with Gasteiger partial charge in [-0.1, -0.05) is 0 Å². The number of hydrogen-bond donors (Lipinski definition) is 1. The van der Waals surface area contributed by atoms with E-state index in [1.165, 1.54) is 12.1 Å². The van der Waals surface area contributed by atoms with Crippen molar-refractivity contribution in [3.63, 3.8) is 0 Å². The molecule has 16 heavy (non-hydrogen) atoms. The Balaban J connectivity index is 2.42. The van der Waals surface area contributed by atoms with Gasteiger partial charge in [-0.2, -0.15) is 0 Å². The topological polar surface area (TPSA) is 61.6 Å². The third-order valence-electron chi connectivity index (χ3n) is 2.31. The van der Waals surface area contributed by atoms with E-state index in [9.17, 15) is 9.18 Å². The summed E-state index contributed by atoms with van der Waals surface area (Å²) in [6.07, 6.45) is 0.210. The van der Waals surface area contributed by atoms with E-state index in [0.29, 0.717) is 18.8 Å². The first-order chi connectivity index (χ1) is 7.74. The van der Waals surface area contributed by atoms with E-state index >= 15 is 0 Å². The number of nitrogens with two attached hydrogens (primary N) is 1. The van der Waals surface area contributed by atoms with Crippen LogP contribution < -0.4 is 15.2 Å². The minimum atomic E-state index is -0.515. The molecule has 0 unspecified atom stereocenters. The number of ketones is 1. The van der Waals surface area contributed by atoms with Crippen LogP contribution in [0, 0.1) is 5.82 Å². The van der Waals surface area contributed by atoms with Crippen LogP contribution in [0.25, 0.3) is 0 Å². The SMILES string of the molecule is NCCC(=O)c1ccc(F)c2c1OCCO2. The highest BCUT2D eigenvalue weighted by Crippen LogP contribution is 2.36. The van der Waals surface area contributed by atoms with E-state index in [4.69, 9.17) is 15.2 Å². The van der Waals surface area contributed by atoms with Gasteiger partial charge in [-0.15, -0.1) is 0 Å². The zero-order valence-electron chi connectivity index (χ0n) is 8.66. The highest BCUT2D eigenvalue weighted by Gasteiger charge is 2.23. The van der Waals surface area contributed by atoms with Crippen LogP contribution in [0.2, 0.25) is 0 Å². The Morgan fingerprint density at radius 3 is 2.69 bits per heavy atom. The minimum absolute atomic E-state index is 0.0223. The lowest BCUT2D eigenvalue weighted by atomic mass is 10.1. The second-order valence-electron chi connectivity index (χ2n) is 3.41. The molecule has 4 nitrogen and oxygen atoms in total. The highest BCUT2D eigenvalue weighted by atomic mass is 19.1. The molecule has 0 fully saturated rings. The maximum atomic E-state index is 13.4. The maximum Gasteiger partial charge on any atom is 0.197 e. The Labute approximate surface area is 92.1 Å². The molecule has 1 aliphatic heterocycles. The van der Waals surface area contributed by atoms with Crippen LogP contribution in [-0.2, 0) is 0 Å². The lowest BCUT2D eigenvalue weighted by Crippen LogP contribution is -2.19. The van der Waals surface area contributed by atoms with E-state index in [1.807, 2.05) is 0 Å². The van der Waals surface area contributed by atoms with Crippen molar-refractivity contribution < 1.29 is 18.7 Å². The van der Waals surface area contributed by atoms with Crippen molar-refractivity contribution in [2.75, 3.05) is 19.8 Å². The van der Waals surface area contributed by atoms with Crippen LogP contribution in [0.4, 0.5) is 4.39 Å². The van der Waals surface area contributed by atoms with Crippen LogP contribution >= 0.6 is 0 Å². The largest absolute Gasteiger partial charge is 0.485 e.